The van der Waals surface area contributed by atoms with Crippen molar-refractivity contribution in [2.45, 2.75) is 204 Å². The Labute approximate surface area is 226 Å². The number of rotatable bonds is 6. The molecule has 0 spiro atoms. The third-order valence-corrected chi connectivity index (χ3v) is 10.5. The molecule has 0 saturated heterocycles. The molecule has 0 unspecified atom stereocenters. The van der Waals surface area contributed by atoms with Crippen molar-refractivity contribution in [2.75, 3.05) is 0 Å². The van der Waals surface area contributed by atoms with Crippen molar-refractivity contribution in [3.63, 3.8) is 0 Å². The molecule has 4 aliphatic rings. The normalized spacial score (nSPS) is 26.2. The Kier molecular flexibility index (Phi) is 12.9. The van der Waals surface area contributed by atoms with Crippen LogP contribution in [0.2, 0.25) is 0 Å². The summed E-state index contributed by atoms with van der Waals surface area (Å²) in [4.78, 5) is 6.07. The minimum Gasteiger partial charge on any atom is -0.353 e. The van der Waals surface area contributed by atoms with Crippen LogP contribution in [0.3, 0.4) is 0 Å². The Bertz CT molecular complexity index is 474. The maximum Gasteiger partial charge on any atom is 0.0975 e. The van der Waals surface area contributed by atoms with Crippen LogP contribution in [0.25, 0.3) is 0 Å². The van der Waals surface area contributed by atoms with Gasteiger partial charge in [-0.05, 0) is 51.4 Å². The average molecular weight is 499 g/mol. The molecule has 0 N–H and O–H groups in total. The second-order valence-electron chi connectivity index (χ2n) is 13.2. The Balaban J connectivity index is 1.62. The maximum atomic E-state index is 5.12. The summed E-state index contributed by atoms with van der Waals surface area (Å²) in [5, 5.41) is 0. The SMILES string of the molecule is C=C(N(C1CCCCCCC1)C1CCCCCCC1)N(C1CCCCCCC1)C1CCCCCCC1. The van der Waals surface area contributed by atoms with E-state index < -0.39 is 0 Å². The van der Waals surface area contributed by atoms with Crippen molar-refractivity contribution >= 4 is 0 Å². The lowest BCUT2D eigenvalue weighted by Gasteiger charge is -2.51. The second-order valence-corrected chi connectivity index (χ2v) is 13.2. The van der Waals surface area contributed by atoms with E-state index >= 15 is 0 Å². The van der Waals surface area contributed by atoms with E-state index in [2.05, 4.69) is 9.80 Å². The lowest BCUT2D eigenvalue weighted by atomic mass is 9.88. The summed E-state index contributed by atoms with van der Waals surface area (Å²) >= 11 is 0. The predicted molar refractivity (Wildman–Crippen MR) is 157 cm³/mol. The minimum absolute atomic E-state index is 0.742. The van der Waals surface area contributed by atoms with Crippen molar-refractivity contribution in [1.82, 2.24) is 9.80 Å². The molecule has 4 aliphatic carbocycles. The van der Waals surface area contributed by atoms with E-state index in [-0.39, 0.29) is 0 Å². The topological polar surface area (TPSA) is 6.48 Å². The molecular formula is C34H62N2. The molecule has 0 aromatic rings. The van der Waals surface area contributed by atoms with Gasteiger partial charge in [0.25, 0.3) is 0 Å². The molecule has 0 aromatic heterocycles. The highest BCUT2D eigenvalue weighted by Gasteiger charge is 2.35. The first-order chi connectivity index (χ1) is 17.8. The molecule has 4 rings (SSSR count). The largest absolute Gasteiger partial charge is 0.353 e. The minimum atomic E-state index is 0.742. The zero-order valence-corrected chi connectivity index (χ0v) is 24.2. The van der Waals surface area contributed by atoms with Gasteiger partial charge in [-0.1, -0.05) is 135 Å². The van der Waals surface area contributed by atoms with Crippen molar-refractivity contribution in [3.05, 3.63) is 12.4 Å². The van der Waals surface area contributed by atoms with Crippen molar-refractivity contribution < 1.29 is 0 Å². The lowest BCUT2D eigenvalue weighted by molar-refractivity contribution is 0.0364. The smallest absolute Gasteiger partial charge is 0.0975 e. The molecule has 0 bridgehead atoms. The van der Waals surface area contributed by atoms with Gasteiger partial charge >= 0.3 is 0 Å². The van der Waals surface area contributed by atoms with Gasteiger partial charge in [0.2, 0.25) is 0 Å². The third-order valence-electron chi connectivity index (χ3n) is 10.5. The van der Waals surface area contributed by atoms with Crippen molar-refractivity contribution in [3.8, 4) is 0 Å². The molecule has 36 heavy (non-hydrogen) atoms. The molecule has 2 nitrogen and oxygen atoms in total. The van der Waals surface area contributed by atoms with Gasteiger partial charge in [0.05, 0.1) is 5.82 Å². The fourth-order valence-corrected chi connectivity index (χ4v) is 8.42. The van der Waals surface area contributed by atoms with Gasteiger partial charge in [-0.15, -0.1) is 0 Å². The van der Waals surface area contributed by atoms with E-state index in [0.29, 0.717) is 0 Å². The molecule has 4 saturated carbocycles. The first-order valence-corrected chi connectivity index (χ1v) is 17.1. The Morgan fingerprint density at radius 2 is 0.472 bits per heavy atom. The molecule has 0 aliphatic heterocycles. The molecule has 2 heteroatoms. The summed E-state index contributed by atoms with van der Waals surface area (Å²) < 4.78 is 0. The highest BCUT2D eigenvalue weighted by molar-refractivity contribution is 5.05. The zero-order valence-electron chi connectivity index (χ0n) is 24.2. The van der Waals surface area contributed by atoms with Gasteiger partial charge in [-0.2, -0.15) is 0 Å². The van der Waals surface area contributed by atoms with Crippen LogP contribution in [0.4, 0.5) is 0 Å². The quantitative estimate of drug-likeness (QED) is 0.359. The Morgan fingerprint density at radius 3 is 0.667 bits per heavy atom. The van der Waals surface area contributed by atoms with E-state index in [1.165, 1.54) is 186 Å². The lowest BCUT2D eigenvalue weighted by Crippen LogP contribution is -2.53. The number of hydrogen-bond donors (Lipinski definition) is 0. The average Bonchev–Trinajstić information content (AvgIpc) is 2.78. The number of nitrogens with zero attached hydrogens (tertiary/aromatic N) is 2. The molecule has 0 amide bonds. The van der Waals surface area contributed by atoms with E-state index in [1.807, 2.05) is 0 Å². The fourth-order valence-electron chi connectivity index (χ4n) is 8.42. The summed E-state index contributed by atoms with van der Waals surface area (Å²) in [7, 11) is 0. The van der Waals surface area contributed by atoms with Gasteiger partial charge in [0.15, 0.2) is 0 Å². The summed E-state index contributed by atoms with van der Waals surface area (Å²) in [6.45, 7) is 5.12. The van der Waals surface area contributed by atoms with E-state index in [9.17, 15) is 0 Å². The van der Waals surface area contributed by atoms with Crippen LogP contribution in [0.15, 0.2) is 12.4 Å². The van der Waals surface area contributed by atoms with Crippen LogP contribution < -0.4 is 0 Å². The molecule has 4 fully saturated rings. The molecule has 0 atom stereocenters. The predicted octanol–water partition coefficient (Wildman–Crippen LogP) is 10.5. The Morgan fingerprint density at radius 1 is 0.306 bits per heavy atom. The monoisotopic (exact) mass is 498 g/mol. The summed E-state index contributed by atoms with van der Waals surface area (Å²) in [6.07, 6.45) is 40.3. The van der Waals surface area contributed by atoms with E-state index in [4.69, 9.17) is 6.58 Å². The summed E-state index contributed by atoms with van der Waals surface area (Å²) in [5.74, 6) is 1.50. The van der Waals surface area contributed by atoms with Crippen LogP contribution in [-0.4, -0.2) is 34.0 Å². The summed E-state index contributed by atoms with van der Waals surface area (Å²) in [5.41, 5.74) is 0. The molecule has 0 radical (unpaired) electrons. The van der Waals surface area contributed by atoms with E-state index in [0.717, 1.165) is 24.2 Å². The number of hydrogen-bond acceptors (Lipinski definition) is 2. The highest BCUT2D eigenvalue weighted by atomic mass is 15.4. The molecular weight excluding hydrogens is 436 g/mol. The van der Waals surface area contributed by atoms with Crippen LogP contribution in [0.5, 0.6) is 0 Å². The molecule has 208 valence electrons. The van der Waals surface area contributed by atoms with Crippen LogP contribution in [0.1, 0.15) is 180 Å². The first kappa shape index (κ1) is 28.4. The second kappa shape index (κ2) is 16.3. The van der Waals surface area contributed by atoms with Gasteiger partial charge in [-0.25, -0.2) is 0 Å². The van der Waals surface area contributed by atoms with Crippen molar-refractivity contribution in [1.29, 1.82) is 0 Å². The van der Waals surface area contributed by atoms with Gasteiger partial charge in [0, 0.05) is 24.2 Å². The zero-order chi connectivity index (χ0) is 24.8. The van der Waals surface area contributed by atoms with Crippen LogP contribution in [0, 0.1) is 0 Å². The molecule has 0 heterocycles. The van der Waals surface area contributed by atoms with Crippen LogP contribution >= 0.6 is 0 Å². The Hall–Kier alpha value is -0.660. The summed E-state index contributed by atoms with van der Waals surface area (Å²) in [6, 6.07) is 2.97. The fraction of sp³-hybridized carbons (Fsp3) is 0.941. The highest BCUT2D eigenvalue weighted by Crippen LogP contribution is 2.37. The van der Waals surface area contributed by atoms with Gasteiger partial charge in [0.1, 0.15) is 0 Å². The van der Waals surface area contributed by atoms with Gasteiger partial charge < -0.3 is 9.80 Å². The maximum absolute atomic E-state index is 5.12. The standard InChI is InChI=1S/C34H62N2/c1-30(35(31-22-14-6-2-7-15-23-31)32-24-16-8-3-9-17-25-32)36(33-26-18-10-4-11-19-27-33)34-28-20-12-5-13-21-29-34/h31-34H,1-29H2. The van der Waals surface area contributed by atoms with E-state index in [1.54, 1.807) is 0 Å². The third kappa shape index (κ3) is 8.69. The van der Waals surface area contributed by atoms with Crippen molar-refractivity contribution in [2.24, 2.45) is 0 Å². The molecule has 0 aromatic carbocycles. The van der Waals surface area contributed by atoms with Gasteiger partial charge in [-0.3, -0.25) is 0 Å². The first-order valence-electron chi connectivity index (χ1n) is 17.1. The van der Waals surface area contributed by atoms with Crippen LogP contribution in [-0.2, 0) is 0 Å².